The predicted molar refractivity (Wildman–Crippen MR) is 99.3 cm³/mol. The van der Waals surface area contributed by atoms with E-state index in [0.717, 1.165) is 11.1 Å². The maximum Gasteiger partial charge on any atom is 0.363 e. The molecular weight excluding hydrogens is 354 g/mol. The van der Waals surface area contributed by atoms with Gasteiger partial charge in [0, 0.05) is 10.6 Å². The average molecular weight is 366 g/mol. The Balaban J connectivity index is 1.80. The molecule has 3 aromatic rings. The Bertz CT molecular complexity index is 1170. The van der Waals surface area contributed by atoms with E-state index in [1.165, 1.54) is 18.4 Å². The molecule has 0 bridgehead atoms. The molecule has 2 heterocycles. The van der Waals surface area contributed by atoms with Gasteiger partial charge in [0.2, 0.25) is 5.90 Å². The van der Waals surface area contributed by atoms with Crippen molar-refractivity contribution in [3.8, 4) is 0 Å². The number of cyclic esters (lactones) is 1. The van der Waals surface area contributed by atoms with Crippen LogP contribution in [0.5, 0.6) is 0 Å². The lowest BCUT2D eigenvalue weighted by Gasteiger charge is -2.02. The van der Waals surface area contributed by atoms with Gasteiger partial charge in [0.25, 0.3) is 0 Å². The lowest BCUT2D eigenvalue weighted by Crippen LogP contribution is -2.08. The minimum absolute atomic E-state index is 0.0388. The molecule has 0 fully saturated rings. The normalized spacial score (nSPS) is 15.4. The van der Waals surface area contributed by atoms with Crippen LogP contribution in [0.15, 0.2) is 68.6 Å². The van der Waals surface area contributed by atoms with Crippen molar-refractivity contribution in [2.24, 2.45) is 4.99 Å². The van der Waals surface area contributed by atoms with E-state index in [1.54, 1.807) is 12.1 Å². The van der Waals surface area contributed by atoms with Crippen LogP contribution in [0.4, 0.5) is 0 Å². The zero-order valence-electron chi connectivity index (χ0n) is 13.7. The van der Waals surface area contributed by atoms with Gasteiger partial charge in [0.15, 0.2) is 11.1 Å². The summed E-state index contributed by atoms with van der Waals surface area (Å²) in [5, 5.41) is 0.760. The van der Waals surface area contributed by atoms with E-state index in [1.807, 2.05) is 31.2 Å². The highest BCUT2D eigenvalue weighted by molar-refractivity contribution is 6.31. The highest BCUT2D eigenvalue weighted by Crippen LogP contribution is 2.22. The van der Waals surface area contributed by atoms with Crippen molar-refractivity contribution >= 4 is 40.5 Å². The van der Waals surface area contributed by atoms with Gasteiger partial charge < -0.3 is 9.15 Å². The van der Waals surface area contributed by atoms with Gasteiger partial charge in [-0.15, -0.1) is 0 Å². The molecule has 0 unspecified atom stereocenters. The molecule has 0 amide bonds. The second-order valence-corrected chi connectivity index (χ2v) is 6.25. The fourth-order valence-corrected chi connectivity index (χ4v) is 2.87. The number of ether oxygens (including phenoxy) is 1. The molecule has 0 saturated carbocycles. The molecule has 0 radical (unpaired) electrons. The second-order valence-electron chi connectivity index (χ2n) is 5.81. The Hall–Kier alpha value is -3.18. The number of nitrogens with zero attached hydrogens (tertiary/aromatic N) is 1. The molecule has 0 saturated heterocycles. The molecule has 6 heteroatoms. The zero-order valence-corrected chi connectivity index (χ0v) is 14.4. The minimum Gasteiger partial charge on any atom is -0.463 e. The third kappa shape index (κ3) is 2.82. The number of esters is 1. The molecule has 1 aliphatic heterocycles. The van der Waals surface area contributed by atoms with Gasteiger partial charge in [0.1, 0.15) is 11.8 Å². The summed E-state index contributed by atoms with van der Waals surface area (Å²) in [4.78, 5) is 29.0. The molecule has 0 spiro atoms. The summed E-state index contributed by atoms with van der Waals surface area (Å²) in [5.74, 6) is -0.401. The summed E-state index contributed by atoms with van der Waals surface area (Å²) in [5.41, 5.74) is 2.01. The number of halogens is 1. The van der Waals surface area contributed by atoms with Crippen LogP contribution in [0.25, 0.3) is 17.0 Å². The number of carbonyl (C=O) groups excluding carboxylic acids is 1. The standard InChI is InChI=1S/C20H12ClNO4/c1-11-4-2-3-5-14(11)19-22-16(20(24)26-19)8-12-10-25-17-7-6-13(21)9-15(17)18(12)23/h2-10H,1H3/b16-8+. The minimum atomic E-state index is -0.617. The first-order valence-corrected chi connectivity index (χ1v) is 8.20. The summed E-state index contributed by atoms with van der Waals surface area (Å²) in [7, 11) is 0. The molecule has 5 nitrogen and oxygen atoms in total. The van der Waals surface area contributed by atoms with Crippen LogP contribution in [0.1, 0.15) is 16.7 Å². The van der Waals surface area contributed by atoms with Gasteiger partial charge in [0.05, 0.1) is 10.9 Å². The molecule has 4 rings (SSSR count). The van der Waals surface area contributed by atoms with Crippen molar-refractivity contribution in [1.82, 2.24) is 0 Å². The number of hydrogen-bond donors (Lipinski definition) is 0. The summed E-state index contributed by atoms with van der Waals surface area (Å²) in [6.07, 6.45) is 2.65. The van der Waals surface area contributed by atoms with Crippen molar-refractivity contribution in [2.75, 3.05) is 0 Å². The van der Waals surface area contributed by atoms with Crippen molar-refractivity contribution in [1.29, 1.82) is 0 Å². The molecule has 128 valence electrons. The molecule has 1 aromatic heterocycles. The first kappa shape index (κ1) is 16.3. The van der Waals surface area contributed by atoms with Gasteiger partial charge in [-0.3, -0.25) is 4.79 Å². The maximum atomic E-state index is 12.6. The lowest BCUT2D eigenvalue weighted by molar-refractivity contribution is -0.129. The number of rotatable bonds is 2. The van der Waals surface area contributed by atoms with Gasteiger partial charge in [-0.1, -0.05) is 29.8 Å². The number of aliphatic imine (C=N–C) groups is 1. The first-order chi connectivity index (χ1) is 12.5. The summed E-state index contributed by atoms with van der Waals surface area (Å²) in [6, 6.07) is 12.2. The number of hydrogen-bond acceptors (Lipinski definition) is 5. The molecule has 26 heavy (non-hydrogen) atoms. The topological polar surface area (TPSA) is 68.9 Å². The van der Waals surface area contributed by atoms with Gasteiger partial charge >= 0.3 is 5.97 Å². The van der Waals surface area contributed by atoms with Crippen LogP contribution < -0.4 is 5.43 Å². The fraction of sp³-hybridized carbons (Fsp3) is 0.0500. The number of benzene rings is 2. The summed E-state index contributed by atoms with van der Waals surface area (Å²) < 4.78 is 10.7. The Labute approximate surface area is 153 Å². The zero-order chi connectivity index (χ0) is 18.3. The first-order valence-electron chi connectivity index (χ1n) is 7.82. The van der Waals surface area contributed by atoms with Crippen LogP contribution in [-0.4, -0.2) is 11.9 Å². The largest absolute Gasteiger partial charge is 0.463 e. The molecule has 0 atom stereocenters. The number of aryl methyl sites for hydroxylation is 1. The number of fused-ring (bicyclic) bond motifs is 1. The number of carbonyl (C=O) groups is 1. The Kier molecular flexibility index (Phi) is 3.93. The van der Waals surface area contributed by atoms with Crippen molar-refractivity contribution in [2.45, 2.75) is 6.92 Å². The SMILES string of the molecule is Cc1ccccc1C1=N/C(=C/c2coc3ccc(Cl)cc3c2=O)C(=O)O1. The van der Waals surface area contributed by atoms with E-state index in [4.69, 9.17) is 20.8 Å². The van der Waals surface area contributed by atoms with Crippen LogP contribution in [0.3, 0.4) is 0 Å². The van der Waals surface area contributed by atoms with E-state index in [9.17, 15) is 9.59 Å². The van der Waals surface area contributed by atoms with Crippen molar-refractivity contribution in [3.63, 3.8) is 0 Å². The molecule has 0 N–H and O–H groups in total. The third-order valence-electron chi connectivity index (χ3n) is 4.05. The van der Waals surface area contributed by atoms with E-state index in [2.05, 4.69) is 4.99 Å². The van der Waals surface area contributed by atoms with Crippen LogP contribution >= 0.6 is 11.6 Å². The summed E-state index contributed by atoms with van der Waals surface area (Å²) >= 11 is 5.95. The maximum absolute atomic E-state index is 12.6. The van der Waals surface area contributed by atoms with Crippen molar-refractivity contribution in [3.05, 3.63) is 86.4 Å². The molecule has 0 aliphatic carbocycles. The third-order valence-corrected chi connectivity index (χ3v) is 4.28. The quantitative estimate of drug-likeness (QED) is 0.506. The predicted octanol–water partition coefficient (Wildman–Crippen LogP) is 4.10. The Morgan fingerprint density at radius 1 is 1.12 bits per heavy atom. The van der Waals surface area contributed by atoms with Crippen LogP contribution in [-0.2, 0) is 9.53 Å². The summed E-state index contributed by atoms with van der Waals surface area (Å²) in [6.45, 7) is 1.90. The van der Waals surface area contributed by atoms with Crippen molar-refractivity contribution < 1.29 is 13.9 Å². The van der Waals surface area contributed by atoms with Crippen LogP contribution in [0.2, 0.25) is 5.02 Å². The van der Waals surface area contributed by atoms with E-state index >= 15 is 0 Å². The fourth-order valence-electron chi connectivity index (χ4n) is 2.70. The van der Waals surface area contributed by atoms with E-state index in [0.29, 0.717) is 16.0 Å². The van der Waals surface area contributed by atoms with E-state index in [-0.39, 0.29) is 22.6 Å². The molecule has 1 aliphatic rings. The molecule has 2 aromatic carbocycles. The van der Waals surface area contributed by atoms with Gasteiger partial charge in [-0.25, -0.2) is 9.79 Å². The van der Waals surface area contributed by atoms with Crippen LogP contribution in [0, 0.1) is 6.92 Å². The van der Waals surface area contributed by atoms with Gasteiger partial charge in [-0.2, -0.15) is 0 Å². The smallest absolute Gasteiger partial charge is 0.363 e. The monoisotopic (exact) mass is 365 g/mol. The Morgan fingerprint density at radius 3 is 2.73 bits per heavy atom. The second kappa shape index (κ2) is 6.28. The average Bonchev–Trinajstić information content (AvgIpc) is 2.98. The van der Waals surface area contributed by atoms with Gasteiger partial charge in [-0.05, 0) is 42.8 Å². The van der Waals surface area contributed by atoms with E-state index < -0.39 is 5.97 Å². The lowest BCUT2D eigenvalue weighted by atomic mass is 10.1. The Morgan fingerprint density at radius 2 is 1.92 bits per heavy atom. The highest BCUT2D eigenvalue weighted by Gasteiger charge is 2.25. The molecular formula is C20H12ClNO4. The highest BCUT2D eigenvalue weighted by atomic mass is 35.5.